The molecule has 50 heavy (non-hydrogen) atoms. The van der Waals surface area contributed by atoms with E-state index in [2.05, 4.69) is 75.7 Å². The fraction of sp³-hybridized carbons (Fsp3) is 0.421. The number of nitrogens with one attached hydrogen (secondary N) is 4. The van der Waals surface area contributed by atoms with Crippen molar-refractivity contribution in [3.05, 3.63) is 95.3 Å². The lowest BCUT2D eigenvalue weighted by Gasteiger charge is -2.29. The zero-order valence-corrected chi connectivity index (χ0v) is 28.5. The van der Waals surface area contributed by atoms with Crippen molar-refractivity contribution < 1.29 is 9.59 Å². The smallest absolute Gasteiger partial charge is 0.229 e. The van der Waals surface area contributed by atoms with Crippen molar-refractivity contribution in [2.75, 3.05) is 72.8 Å². The molecule has 1 saturated carbocycles. The number of hydrogen-bond acceptors (Lipinski definition) is 10. The zero-order valence-electron chi connectivity index (χ0n) is 28.5. The van der Waals surface area contributed by atoms with Crippen LogP contribution in [0.4, 0.5) is 23.0 Å². The molecule has 260 valence electrons. The largest absolute Gasteiger partial charge is 0.369 e. The predicted octanol–water partition coefficient (Wildman–Crippen LogP) is 3.89. The van der Waals surface area contributed by atoms with E-state index in [4.69, 9.17) is 0 Å². The van der Waals surface area contributed by atoms with Crippen molar-refractivity contribution in [2.45, 2.75) is 50.4 Å². The van der Waals surface area contributed by atoms with Crippen LogP contribution in [0.3, 0.4) is 0 Å². The second kappa shape index (κ2) is 16.2. The minimum Gasteiger partial charge on any atom is -0.369 e. The fourth-order valence-electron chi connectivity index (χ4n) is 7.30. The molecule has 2 aromatic carbocycles. The molecule has 12 heteroatoms. The molecular formula is C38H46N10O2. The number of rotatable bonds is 10. The van der Waals surface area contributed by atoms with Gasteiger partial charge in [0.15, 0.2) is 11.6 Å². The van der Waals surface area contributed by atoms with E-state index in [0.717, 1.165) is 112 Å². The molecular weight excluding hydrogens is 628 g/mol. The summed E-state index contributed by atoms with van der Waals surface area (Å²) in [5.41, 5.74) is 6.10. The van der Waals surface area contributed by atoms with E-state index in [1.165, 1.54) is 0 Å². The molecule has 0 spiro atoms. The molecule has 4 N–H and O–H groups in total. The van der Waals surface area contributed by atoms with Gasteiger partial charge in [-0.05, 0) is 78.9 Å². The SMILES string of the molecule is O=C(Cc1cccc(N2CCNCC2)c1)Nc1ccc([C@H]2CCC[C@H](c3ccc(NC(=O)Cc4cccc(N5CCNCC5)c4)nn3)C2)nn1. The second-order valence-corrected chi connectivity index (χ2v) is 13.5. The highest BCUT2D eigenvalue weighted by Gasteiger charge is 2.27. The summed E-state index contributed by atoms with van der Waals surface area (Å²) in [6.07, 6.45) is 4.56. The maximum Gasteiger partial charge on any atom is 0.229 e. The minimum atomic E-state index is -0.111. The van der Waals surface area contributed by atoms with Gasteiger partial charge >= 0.3 is 0 Å². The van der Waals surface area contributed by atoms with Crippen LogP contribution in [-0.4, -0.2) is 84.6 Å². The highest BCUT2D eigenvalue weighted by molar-refractivity contribution is 5.92. The van der Waals surface area contributed by atoms with Crippen molar-refractivity contribution in [1.82, 2.24) is 31.0 Å². The fourth-order valence-corrected chi connectivity index (χ4v) is 7.30. The topological polar surface area (TPSA) is 140 Å². The number of carbonyl (C=O) groups excluding carboxylic acids is 2. The van der Waals surface area contributed by atoms with Crippen LogP contribution in [0.1, 0.15) is 60.0 Å². The van der Waals surface area contributed by atoms with Gasteiger partial charge in [0, 0.05) is 75.6 Å². The van der Waals surface area contributed by atoms with E-state index in [1.54, 1.807) is 0 Å². The van der Waals surface area contributed by atoms with E-state index in [1.807, 2.05) is 48.5 Å². The summed E-state index contributed by atoms with van der Waals surface area (Å²) in [5, 5.41) is 30.3. The maximum absolute atomic E-state index is 12.8. The Morgan fingerprint density at radius 3 is 1.50 bits per heavy atom. The lowest BCUT2D eigenvalue weighted by molar-refractivity contribution is -0.116. The van der Waals surface area contributed by atoms with Gasteiger partial charge in [-0.3, -0.25) is 9.59 Å². The summed E-state index contributed by atoms with van der Waals surface area (Å²) in [5.74, 6) is 1.19. The first kappa shape index (κ1) is 33.6. The van der Waals surface area contributed by atoms with Gasteiger partial charge in [-0.25, -0.2) is 0 Å². The third-order valence-corrected chi connectivity index (χ3v) is 9.93. The number of hydrogen-bond donors (Lipinski definition) is 4. The summed E-state index contributed by atoms with van der Waals surface area (Å²) in [6.45, 7) is 7.74. The normalized spacial score (nSPS) is 19.5. The molecule has 2 aliphatic heterocycles. The average molecular weight is 675 g/mol. The molecule has 3 fully saturated rings. The number of aromatic nitrogens is 4. The Balaban J connectivity index is 0.891. The number of piperazine rings is 2. The third kappa shape index (κ3) is 8.80. The van der Waals surface area contributed by atoms with Crippen LogP contribution in [0.2, 0.25) is 0 Å². The zero-order chi connectivity index (χ0) is 34.1. The summed E-state index contributed by atoms with van der Waals surface area (Å²) < 4.78 is 0. The Labute approximate surface area is 293 Å². The predicted molar refractivity (Wildman–Crippen MR) is 196 cm³/mol. The van der Waals surface area contributed by atoms with Crippen LogP contribution in [0.25, 0.3) is 0 Å². The summed E-state index contributed by atoms with van der Waals surface area (Å²) in [7, 11) is 0. The molecule has 7 rings (SSSR count). The van der Waals surface area contributed by atoms with E-state index in [-0.39, 0.29) is 36.5 Å². The van der Waals surface area contributed by atoms with Crippen LogP contribution >= 0.6 is 0 Å². The standard InChI is InChI=1S/C38H46N10O2/c49-37(24-27-4-1-8-31(22-27)47-18-14-39-15-19-47)41-35-12-10-33(43-45-35)29-6-3-7-30(26-29)34-11-13-36(46-44-34)42-38(50)25-28-5-2-9-32(23-28)48-20-16-40-17-21-48/h1-2,4-5,8-13,22-23,29-30,39-40H,3,6-7,14-21,24-26H2,(H,41,45,49)(H,42,46,50)/t29-,30-/m0/s1. The molecule has 0 radical (unpaired) electrons. The van der Waals surface area contributed by atoms with E-state index in [0.29, 0.717) is 11.6 Å². The van der Waals surface area contributed by atoms with Crippen molar-refractivity contribution in [3.8, 4) is 0 Å². The molecule has 4 heterocycles. The first-order valence-corrected chi connectivity index (χ1v) is 17.9. The van der Waals surface area contributed by atoms with Crippen molar-refractivity contribution in [2.24, 2.45) is 0 Å². The van der Waals surface area contributed by atoms with Gasteiger partial charge in [-0.1, -0.05) is 30.7 Å². The highest BCUT2D eigenvalue weighted by atomic mass is 16.2. The molecule has 0 bridgehead atoms. The lowest BCUT2D eigenvalue weighted by Crippen LogP contribution is -2.43. The van der Waals surface area contributed by atoms with Gasteiger partial charge in [-0.15, -0.1) is 10.2 Å². The third-order valence-electron chi connectivity index (χ3n) is 9.93. The quantitative estimate of drug-likeness (QED) is 0.196. The van der Waals surface area contributed by atoms with Crippen molar-refractivity contribution in [1.29, 1.82) is 0 Å². The van der Waals surface area contributed by atoms with Gasteiger partial charge in [0.05, 0.1) is 24.2 Å². The molecule has 12 nitrogen and oxygen atoms in total. The Morgan fingerprint density at radius 1 is 0.620 bits per heavy atom. The van der Waals surface area contributed by atoms with E-state index in [9.17, 15) is 9.59 Å². The Morgan fingerprint density at radius 2 is 1.08 bits per heavy atom. The Kier molecular flexibility index (Phi) is 10.9. The van der Waals surface area contributed by atoms with Gasteiger partial charge < -0.3 is 31.1 Å². The number of nitrogens with zero attached hydrogens (tertiary/aromatic N) is 6. The van der Waals surface area contributed by atoms with E-state index < -0.39 is 0 Å². The number of carbonyl (C=O) groups is 2. The lowest BCUT2D eigenvalue weighted by atomic mass is 9.78. The van der Waals surface area contributed by atoms with Crippen LogP contribution in [0, 0.1) is 0 Å². The van der Waals surface area contributed by atoms with E-state index >= 15 is 0 Å². The number of anilines is 4. The first-order valence-electron chi connectivity index (χ1n) is 17.9. The molecule has 3 aliphatic rings. The van der Waals surface area contributed by atoms with Crippen LogP contribution in [0.15, 0.2) is 72.8 Å². The van der Waals surface area contributed by atoms with Crippen molar-refractivity contribution >= 4 is 34.8 Å². The Bertz CT molecular complexity index is 1610. The molecule has 1 aliphatic carbocycles. The summed E-state index contributed by atoms with van der Waals surface area (Å²) >= 11 is 0. The molecule has 2 aromatic heterocycles. The monoisotopic (exact) mass is 674 g/mol. The summed E-state index contributed by atoms with van der Waals surface area (Å²) in [4.78, 5) is 30.4. The molecule has 2 saturated heterocycles. The van der Waals surface area contributed by atoms with Crippen LogP contribution in [-0.2, 0) is 22.4 Å². The van der Waals surface area contributed by atoms with Gasteiger partial charge in [0.25, 0.3) is 0 Å². The minimum absolute atomic E-state index is 0.111. The Hall–Kier alpha value is -4.94. The van der Waals surface area contributed by atoms with Gasteiger partial charge in [-0.2, -0.15) is 10.2 Å². The second-order valence-electron chi connectivity index (χ2n) is 13.5. The average Bonchev–Trinajstić information content (AvgIpc) is 3.16. The van der Waals surface area contributed by atoms with Gasteiger partial charge in [0.1, 0.15) is 0 Å². The molecule has 2 atom stereocenters. The highest BCUT2D eigenvalue weighted by Crippen LogP contribution is 2.40. The van der Waals surface area contributed by atoms with Crippen LogP contribution in [0.5, 0.6) is 0 Å². The first-order chi connectivity index (χ1) is 24.6. The molecule has 2 amide bonds. The number of amides is 2. The summed E-state index contributed by atoms with van der Waals surface area (Å²) in [6, 6.07) is 24.1. The van der Waals surface area contributed by atoms with Gasteiger partial charge in [0.2, 0.25) is 11.8 Å². The molecule has 4 aromatic rings. The van der Waals surface area contributed by atoms with Crippen LogP contribution < -0.4 is 31.1 Å². The van der Waals surface area contributed by atoms with Crippen molar-refractivity contribution in [3.63, 3.8) is 0 Å². The number of benzene rings is 2. The molecule has 0 unspecified atom stereocenters. The maximum atomic E-state index is 12.8.